The van der Waals surface area contributed by atoms with Gasteiger partial charge >= 0.3 is 0 Å². The Bertz CT molecular complexity index is 1060. The fraction of sp³-hybridized carbons (Fsp3) is 0.208. The summed E-state index contributed by atoms with van der Waals surface area (Å²) in [4.78, 5) is 17.0. The number of allylic oxidation sites excluding steroid dienone is 2. The highest BCUT2D eigenvalue weighted by Crippen LogP contribution is 2.43. The van der Waals surface area contributed by atoms with Crippen LogP contribution in [0.1, 0.15) is 40.0 Å². The summed E-state index contributed by atoms with van der Waals surface area (Å²) in [5.74, 6) is 0.565. The molecule has 29 heavy (non-hydrogen) atoms. The lowest BCUT2D eigenvalue weighted by Crippen LogP contribution is -2.32. The minimum atomic E-state index is -0.418. The number of hydrogen-bond donors (Lipinski definition) is 1. The van der Waals surface area contributed by atoms with Gasteiger partial charge in [0, 0.05) is 35.8 Å². The standard InChI is InChI=1S/C24H22N4O/c1-2-22(29)28-21-15-24(17-7-4-3-5-8-17,18-9-6-14-25-16-18)13-12-20(21)23(27-28)26-19-10-11-19/h2-9,12-14,16,19H,1,10-11,15H2,(H,26,27). The molecule has 0 saturated heterocycles. The zero-order valence-electron chi connectivity index (χ0n) is 16.1. The molecule has 2 aliphatic carbocycles. The largest absolute Gasteiger partial charge is 0.365 e. The summed E-state index contributed by atoms with van der Waals surface area (Å²) in [6, 6.07) is 14.9. The van der Waals surface area contributed by atoms with Gasteiger partial charge in [-0.2, -0.15) is 4.68 Å². The minimum Gasteiger partial charge on any atom is -0.365 e. The fourth-order valence-corrected chi connectivity index (χ4v) is 4.08. The van der Waals surface area contributed by atoms with Crippen LogP contribution in [-0.2, 0) is 11.8 Å². The van der Waals surface area contributed by atoms with Crippen molar-refractivity contribution in [3.05, 3.63) is 96.0 Å². The molecule has 144 valence electrons. The van der Waals surface area contributed by atoms with Crippen LogP contribution in [0.5, 0.6) is 0 Å². The summed E-state index contributed by atoms with van der Waals surface area (Å²) >= 11 is 0. The molecular weight excluding hydrogens is 360 g/mol. The van der Waals surface area contributed by atoms with Crippen molar-refractivity contribution in [2.75, 3.05) is 5.32 Å². The Morgan fingerprint density at radius 2 is 1.97 bits per heavy atom. The number of carbonyl (C=O) groups is 1. The minimum absolute atomic E-state index is 0.214. The molecule has 2 aromatic heterocycles. The lowest BCUT2D eigenvalue weighted by molar-refractivity contribution is 0.0950. The predicted octanol–water partition coefficient (Wildman–Crippen LogP) is 4.23. The summed E-state index contributed by atoms with van der Waals surface area (Å²) in [6.45, 7) is 3.66. The number of benzene rings is 1. The second-order valence-corrected chi connectivity index (χ2v) is 7.67. The molecule has 5 heteroatoms. The van der Waals surface area contributed by atoms with Crippen LogP contribution in [0.25, 0.3) is 6.08 Å². The average molecular weight is 382 g/mol. The Morgan fingerprint density at radius 1 is 1.17 bits per heavy atom. The van der Waals surface area contributed by atoms with E-state index >= 15 is 0 Å². The predicted molar refractivity (Wildman–Crippen MR) is 114 cm³/mol. The highest BCUT2D eigenvalue weighted by Gasteiger charge is 2.39. The van der Waals surface area contributed by atoms with Gasteiger partial charge < -0.3 is 5.32 Å². The van der Waals surface area contributed by atoms with Gasteiger partial charge in [0.25, 0.3) is 5.91 Å². The van der Waals surface area contributed by atoms with Crippen molar-refractivity contribution in [3.63, 3.8) is 0 Å². The van der Waals surface area contributed by atoms with E-state index in [1.807, 2.05) is 30.5 Å². The summed E-state index contributed by atoms with van der Waals surface area (Å²) in [6.07, 6.45) is 12.2. The molecule has 5 rings (SSSR count). The van der Waals surface area contributed by atoms with E-state index in [2.05, 4.69) is 52.3 Å². The zero-order valence-corrected chi connectivity index (χ0v) is 16.1. The molecule has 3 aromatic rings. The number of hydrogen-bond acceptors (Lipinski definition) is 4. The molecule has 1 unspecified atom stereocenters. The highest BCUT2D eigenvalue weighted by molar-refractivity contribution is 5.91. The van der Waals surface area contributed by atoms with E-state index in [1.54, 1.807) is 6.20 Å². The Morgan fingerprint density at radius 3 is 2.66 bits per heavy atom. The molecule has 0 amide bonds. The van der Waals surface area contributed by atoms with Gasteiger partial charge in [0.15, 0.2) is 5.82 Å². The molecule has 2 heterocycles. The van der Waals surface area contributed by atoms with Gasteiger partial charge in [-0.15, -0.1) is 5.10 Å². The molecule has 0 radical (unpaired) electrons. The van der Waals surface area contributed by atoms with Crippen molar-refractivity contribution < 1.29 is 4.79 Å². The van der Waals surface area contributed by atoms with Gasteiger partial charge in [-0.25, -0.2) is 0 Å². The van der Waals surface area contributed by atoms with Crippen molar-refractivity contribution >= 4 is 17.8 Å². The number of anilines is 1. The maximum atomic E-state index is 12.6. The smallest absolute Gasteiger partial charge is 0.270 e. The van der Waals surface area contributed by atoms with Crippen LogP contribution in [0.4, 0.5) is 5.82 Å². The number of nitrogens with one attached hydrogen (secondary N) is 1. The van der Waals surface area contributed by atoms with Crippen LogP contribution in [0.15, 0.2) is 73.6 Å². The summed E-state index contributed by atoms with van der Waals surface area (Å²) in [7, 11) is 0. The third-order valence-electron chi connectivity index (χ3n) is 5.77. The van der Waals surface area contributed by atoms with Crippen LogP contribution >= 0.6 is 0 Å². The van der Waals surface area contributed by atoms with Crippen LogP contribution in [-0.4, -0.2) is 26.7 Å². The van der Waals surface area contributed by atoms with Crippen LogP contribution in [0.3, 0.4) is 0 Å². The number of aromatic nitrogens is 3. The van der Waals surface area contributed by atoms with E-state index in [0.717, 1.165) is 41.0 Å². The second-order valence-electron chi connectivity index (χ2n) is 7.67. The molecule has 1 saturated carbocycles. The van der Waals surface area contributed by atoms with E-state index in [4.69, 9.17) is 0 Å². The summed E-state index contributed by atoms with van der Waals surface area (Å²) in [5.41, 5.74) is 3.71. The SMILES string of the molecule is C=CC(=O)n1nc(NC2CC2)c2c1CC(c1ccccc1)(c1cccnc1)C=C2. The molecule has 0 aliphatic heterocycles. The second kappa shape index (κ2) is 6.85. The first-order chi connectivity index (χ1) is 14.2. The number of carbonyl (C=O) groups excluding carboxylic acids is 1. The molecule has 1 aromatic carbocycles. The lowest BCUT2D eigenvalue weighted by Gasteiger charge is -2.34. The van der Waals surface area contributed by atoms with Crippen LogP contribution in [0.2, 0.25) is 0 Å². The quantitative estimate of drug-likeness (QED) is 0.671. The first-order valence-corrected chi connectivity index (χ1v) is 9.92. The molecule has 0 spiro atoms. The Labute approximate surface area is 169 Å². The number of pyridine rings is 1. The van der Waals surface area contributed by atoms with Gasteiger partial charge in [-0.05, 0) is 36.1 Å². The van der Waals surface area contributed by atoms with Crippen LogP contribution < -0.4 is 5.32 Å². The van der Waals surface area contributed by atoms with Gasteiger partial charge in [-0.3, -0.25) is 9.78 Å². The number of rotatable bonds is 5. The summed E-state index contributed by atoms with van der Waals surface area (Å²) in [5, 5.41) is 8.08. The Hall–Kier alpha value is -3.47. The van der Waals surface area contributed by atoms with Crippen molar-refractivity contribution in [1.82, 2.24) is 14.8 Å². The first kappa shape index (κ1) is 17.6. The molecule has 1 fully saturated rings. The van der Waals surface area contributed by atoms with Crippen molar-refractivity contribution in [3.8, 4) is 0 Å². The topological polar surface area (TPSA) is 59.8 Å². The van der Waals surface area contributed by atoms with Gasteiger partial charge in [-0.1, -0.05) is 55.1 Å². The van der Waals surface area contributed by atoms with Crippen molar-refractivity contribution in [2.45, 2.75) is 30.7 Å². The van der Waals surface area contributed by atoms with E-state index in [9.17, 15) is 4.79 Å². The highest BCUT2D eigenvalue weighted by atomic mass is 16.2. The molecular formula is C24H22N4O. The number of nitrogens with zero attached hydrogens (tertiary/aromatic N) is 3. The Balaban J connectivity index is 1.69. The summed E-state index contributed by atoms with van der Waals surface area (Å²) < 4.78 is 1.50. The molecule has 0 bridgehead atoms. The maximum absolute atomic E-state index is 12.6. The monoisotopic (exact) mass is 382 g/mol. The van der Waals surface area contributed by atoms with Gasteiger partial charge in [0.1, 0.15) is 0 Å². The first-order valence-electron chi connectivity index (χ1n) is 9.92. The lowest BCUT2D eigenvalue weighted by atomic mass is 9.69. The van der Waals surface area contributed by atoms with E-state index in [1.165, 1.54) is 10.8 Å². The molecule has 5 nitrogen and oxygen atoms in total. The molecule has 1 atom stereocenters. The van der Waals surface area contributed by atoms with E-state index < -0.39 is 5.41 Å². The third-order valence-corrected chi connectivity index (χ3v) is 5.77. The van der Waals surface area contributed by atoms with E-state index in [-0.39, 0.29) is 5.91 Å². The average Bonchev–Trinajstić information content (AvgIpc) is 3.54. The molecule has 2 aliphatic rings. The molecule has 1 N–H and O–H groups in total. The van der Waals surface area contributed by atoms with Crippen molar-refractivity contribution in [2.24, 2.45) is 0 Å². The van der Waals surface area contributed by atoms with Gasteiger partial charge in [0.05, 0.1) is 5.69 Å². The van der Waals surface area contributed by atoms with Gasteiger partial charge in [0.2, 0.25) is 0 Å². The number of fused-ring (bicyclic) bond motifs is 1. The maximum Gasteiger partial charge on any atom is 0.270 e. The fourth-order valence-electron chi connectivity index (χ4n) is 4.08. The zero-order chi connectivity index (χ0) is 19.8. The third kappa shape index (κ3) is 2.99. The van der Waals surface area contributed by atoms with E-state index in [0.29, 0.717) is 12.5 Å². The normalized spacial score (nSPS) is 20.1. The Kier molecular flexibility index (Phi) is 4.16. The van der Waals surface area contributed by atoms with Crippen molar-refractivity contribution in [1.29, 1.82) is 0 Å². The van der Waals surface area contributed by atoms with Crippen LogP contribution in [0, 0.1) is 0 Å².